The zero-order valence-corrected chi connectivity index (χ0v) is 12.3. The number of hydrogen-bond donors (Lipinski definition) is 2. The molecule has 1 aromatic heterocycles. The maximum Gasteiger partial charge on any atom is 0.300 e. The number of nitro groups is 2. The Balaban J connectivity index is 2.27. The van der Waals surface area contributed by atoms with Gasteiger partial charge >= 0.3 is 5.69 Å². The van der Waals surface area contributed by atoms with Crippen LogP contribution in [0.3, 0.4) is 0 Å². The van der Waals surface area contributed by atoms with E-state index in [0.717, 1.165) is 29.5 Å². The van der Waals surface area contributed by atoms with E-state index in [4.69, 9.17) is 0 Å². The molecule has 0 spiro atoms. The molecule has 0 amide bonds. The second-order valence-corrected chi connectivity index (χ2v) is 6.74. The summed E-state index contributed by atoms with van der Waals surface area (Å²) in [5, 5.41) is 23.1. The number of nitrogens with zero attached hydrogens (tertiary/aromatic N) is 2. The molecule has 2 aromatic rings. The van der Waals surface area contributed by atoms with E-state index in [9.17, 15) is 28.6 Å². The number of hydrazine groups is 1. The summed E-state index contributed by atoms with van der Waals surface area (Å²) < 4.78 is 23.8. The summed E-state index contributed by atoms with van der Waals surface area (Å²) >= 11 is 0.968. The largest absolute Gasteiger partial charge is 0.302 e. The van der Waals surface area contributed by atoms with Crippen LogP contribution in [0.25, 0.3) is 0 Å². The van der Waals surface area contributed by atoms with Gasteiger partial charge in [-0.3, -0.25) is 20.2 Å². The fraction of sp³-hybridized carbons (Fsp3) is 0. The van der Waals surface area contributed by atoms with Crippen molar-refractivity contribution in [1.82, 2.24) is 4.83 Å². The van der Waals surface area contributed by atoms with E-state index < -0.39 is 31.2 Å². The highest BCUT2D eigenvalue weighted by Crippen LogP contribution is 2.28. The third-order valence-corrected chi connectivity index (χ3v) is 5.11. The van der Waals surface area contributed by atoms with E-state index in [0.29, 0.717) is 0 Å². The molecule has 116 valence electrons. The molecule has 1 heterocycles. The standard InChI is InChI=1S/C10H8N4O6S2/c15-13(16)7-3-4-8(9(6-7)14(17)18)11-12-22(19,20)10-2-1-5-21-10/h1-6,11-12H. The van der Waals surface area contributed by atoms with Crippen LogP contribution in [0.15, 0.2) is 39.9 Å². The van der Waals surface area contributed by atoms with Crippen molar-refractivity contribution < 1.29 is 18.3 Å². The normalized spacial score (nSPS) is 11.1. The van der Waals surface area contributed by atoms with Gasteiger partial charge in [0, 0.05) is 6.07 Å². The lowest BCUT2D eigenvalue weighted by molar-refractivity contribution is -0.393. The van der Waals surface area contributed by atoms with Crippen molar-refractivity contribution >= 4 is 38.4 Å². The Morgan fingerprint density at radius 3 is 2.36 bits per heavy atom. The summed E-state index contributed by atoms with van der Waals surface area (Å²) in [6.07, 6.45) is 0. The maximum atomic E-state index is 11.9. The quantitative estimate of drug-likeness (QED) is 0.601. The first kappa shape index (κ1) is 15.8. The van der Waals surface area contributed by atoms with E-state index in [1.54, 1.807) is 5.38 Å². The van der Waals surface area contributed by atoms with Crippen molar-refractivity contribution in [3.63, 3.8) is 0 Å². The molecule has 1 aromatic carbocycles. The van der Waals surface area contributed by atoms with E-state index in [-0.39, 0.29) is 9.90 Å². The lowest BCUT2D eigenvalue weighted by Crippen LogP contribution is -2.29. The summed E-state index contributed by atoms with van der Waals surface area (Å²) in [4.78, 5) is 21.9. The number of sulfonamides is 1. The highest BCUT2D eigenvalue weighted by Gasteiger charge is 2.21. The van der Waals surface area contributed by atoms with E-state index in [2.05, 4.69) is 5.43 Å². The molecule has 0 saturated carbocycles. The Labute approximate surface area is 127 Å². The average molecular weight is 344 g/mol. The average Bonchev–Trinajstić information content (AvgIpc) is 2.99. The predicted molar refractivity (Wildman–Crippen MR) is 78.0 cm³/mol. The third kappa shape index (κ3) is 3.36. The molecule has 2 N–H and O–H groups in total. The van der Waals surface area contributed by atoms with Gasteiger partial charge in [-0.05, 0) is 17.5 Å². The number of benzene rings is 1. The number of nitro benzene ring substituents is 2. The predicted octanol–water partition coefficient (Wildman–Crippen LogP) is 1.87. The van der Waals surface area contributed by atoms with Crippen LogP contribution in [-0.2, 0) is 10.0 Å². The van der Waals surface area contributed by atoms with Gasteiger partial charge in [0.05, 0.1) is 15.9 Å². The van der Waals surface area contributed by atoms with Crippen molar-refractivity contribution in [2.45, 2.75) is 4.21 Å². The van der Waals surface area contributed by atoms with Gasteiger partial charge in [0.2, 0.25) is 0 Å². The molecule has 0 fully saturated rings. The summed E-state index contributed by atoms with van der Waals surface area (Å²) in [5.74, 6) is 0. The van der Waals surface area contributed by atoms with E-state index >= 15 is 0 Å². The van der Waals surface area contributed by atoms with Crippen molar-refractivity contribution in [3.05, 3.63) is 55.9 Å². The Morgan fingerprint density at radius 1 is 1.09 bits per heavy atom. The number of non-ortho nitro benzene ring substituents is 1. The van der Waals surface area contributed by atoms with Crippen LogP contribution in [-0.4, -0.2) is 18.3 Å². The van der Waals surface area contributed by atoms with Crippen LogP contribution < -0.4 is 10.3 Å². The smallest absolute Gasteiger partial charge is 0.300 e. The summed E-state index contributed by atoms with van der Waals surface area (Å²) in [5.41, 5.74) is 0.886. The lowest BCUT2D eigenvalue weighted by atomic mass is 10.2. The molecule has 0 saturated heterocycles. The van der Waals surface area contributed by atoms with E-state index in [1.165, 1.54) is 12.1 Å². The Bertz CT molecular complexity index is 818. The van der Waals surface area contributed by atoms with Crippen molar-refractivity contribution in [1.29, 1.82) is 0 Å². The van der Waals surface area contributed by atoms with Crippen LogP contribution in [0.5, 0.6) is 0 Å². The lowest BCUT2D eigenvalue weighted by Gasteiger charge is -2.08. The molecule has 10 nitrogen and oxygen atoms in total. The zero-order chi connectivity index (χ0) is 16.3. The van der Waals surface area contributed by atoms with Gasteiger partial charge in [0.25, 0.3) is 15.7 Å². The Hall–Kier alpha value is -2.57. The highest BCUT2D eigenvalue weighted by atomic mass is 32.2. The number of rotatable bonds is 6. The molecular weight excluding hydrogens is 336 g/mol. The SMILES string of the molecule is O=[N+]([O-])c1ccc(NNS(=O)(=O)c2cccs2)c([N+](=O)[O-])c1. The Kier molecular flexibility index (Phi) is 4.35. The van der Waals surface area contributed by atoms with Crippen molar-refractivity contribution in [2.75, 3.05) is 5.43 Å². The summed E-state index contributed by atoms with van der Waals surface area (Å²) in [7, 11) is -3.88. The number of hydrogen-bond acceptors (Lipinski definition) is 8. The van der Waals surface area contributed by atoms with Gasteiger partial charge in [-0.1, -0.05) is 6.07 Å². The maximum absolute atomic E-state index is 11.9. The molecule has 0 aliphatic heterocycles. The van der Waals surface area contributed by atoms with Crippen LogP contribution in [0.2, 0.25) is 0 Å². The highest BCUT2D eigenvalue weighted by molar-refractivity contribution is 7.91. The van der Waals surface area contributed by atoms with Gasteiger partial charge in [-0.2, -0.15) is 0 Å². The van der Waals surface area contributed by atoms with Crippen LogP contribution in [0, 0.1) is 20.2 Å². The fourth-order valence-corrected chi connectivity index (χ4v) is 3.33. The number of anilines is 1. The molecule has 0 radical (unpaired) electrons. The summed E-state index contributed by atoms with van der Waals surface area (Å²) in [6, 6.07) is 5.70. The minimum atomic E-state index is -3.88. The number of nitrogens with one attached hydrogen (secondary N) is 2. The Morgan fingerprint density at radius 2 is 1.82 bits per heavy atom. The van der Waals surface area contributed by atoms with Gasteiger partial charge in [-0.15, -0.1) is 16.2 Å². The van der Waals surface area contributed by atoms with Crippen LogP contribution >= 0.6 is 11.3 Å². The van der Waals surface area contributed by atoms with Gasteiger partial charge in [-0.25, -0.2) is 8.42 Å². The second-order valence-electron chi connectivity index (χ2n) is 3.88. The van der Waals surface area contributed by atoms with Gasteiger partial charge in [0.15, 0.2) is 0 Å². The first-order valence-electron chi connectivity index (χ1n) is 5.55. The first-order chi connectivity index (χ1) is 10.3. The second kappa shape index (κ2) is 6.05. The minimum absolute atomic E-state index is 0.0181. The topological polar surface area (TPSA) is 144 Å². The molecule has 0 unspecified atom stereocenters. The molecule has 2 rings (SSSR count). The monoisotopic (exact) mass is 344 g/mol. The van der Waals surface area contributed by atoms with Crippen LogP contribution in [0.1, 0.15) is 0 Å². The van der Waals surface area contributed by atoms with E-state index in [1.807, 2.05) is 4.83 Å². The minimum Gasteiger partial charge on any atom is -0.302 e. The molecule has 0 aliphatic carbocycles. The molecular formula is C10H8N4O6S2. The molecule has 0 atom stereocenters. The molecule has 0 bridgehead atoms. The third-order valence-electron chi connectivity index (χ3n) is 2.47. The molecule has 12 heteroatoms. The van der Waals surface area contributed by atoms with Crippen molar-refractivity contribution in [3.8, 4) is 0 Å². The molecule has 22 heavy (non-hydrogen) atoms. The fourth-order valence-electron chi connectivity index (χ4n) is 1.48. The number of thiophene rings is 1. The van der Waals surface area contributed by atoms with Gasteiger partial charge in [0.1, 0.15) is 9.90 Å². The van der Waals surface area contributed by atoms with Gasteiger partial charge < -0.3 is 5.43 Å². The summed E-state index contributed by atoms with van der Waals surface area (Å²) in [6.45, 7) is 0. The van der Waals surface area contributed by atoms with Crippen molar-refractivity contribution in [2.24, 2.45) is 0 Å². The first-order valence-corrected chi connectivity index (χ1v) is 7.92. The molecule has 0 aliphatic rings. The van der Waals surface area contributed by atoms with Crippen LogP contribution in [0.4, 0.5) is 17.1 Å². The zero-order valence-electron chi connectivity index (χ0n) is 10.6.